The fraction of sp³-hybridized carbons (Fsp3) is 0.357. The molecule has 0 amide bonds. The maximum Gasteiger partial charge on any atom is 0.127 e. The summed E-state index contributed by atoms with van der Waals surface area (Å²) >= 11 is 0. The van der Waals surface area contributed by atoms with Crippen LogP contribution in [-0.4, -0.2) is 0 Å². The zero-order chi connectivity index (χ0) is 21.1. The first-order chi connectivity index (χ1) is 13.8. The average molecular weight is 387 g/mol. The molecule has 29 heavy (non-hydrogen) atoms. The molecule has 0 unspecified atom stereocenters. The molecule has 0 bridgehead atoms. The second-order valence-corrected chi connectivity index (χ2v) is 8.91. The Kier molecular flexibility index (Phi) is 6.17. The van der Waals surface area contributed by atoms with Crippen LogP contribution in [0.5, 0.6) is 11.5 Å². The van der Waals surface area contributed by atoms with Crippen LogP contribution in [0.4, 0.5) is 0 Å². The van der Waals surface area contributed by atoms with E-state index in [1.165, 1.54) is 22.3 Å². The first-order valence-electron chi connectivity index (χ1n) is 10.7. The minimum absolute atomic E-state index is 0.0598. The van der Waals surface area contributed by atoms with Crippen LogP contribution in [0, 0.1) is 6.92 Å². The van der Waals surface area contributed by atoms with Crippen molar-refractivity contribution < 1.29 is 4.74 Å². The van der Waals surface area contributed by atoms with Gasteiger partial charge in [0.25, 0.3) is 0 Å². The fourth-order valence-electron chi connectivity index (χ4n) is 3.80. The molecule has 0 aromatic heterocycles. The van der Waals surface area contributed by atoms with Crippen LogP contribution >= 0.6 is 0 Å². The molecule has 0 aliphatic heterocycles. The van der Waals surface area contributed by atoms with E-state index in [1.54, 1.807) is 0 Å². The molecule has 3 aromatic rings. The molecule has 152 valence electrons. The molecule has 1 nitrogen and oxygen atoms in total. The smallest absolute Gasteiger partial charge is 0.127 e. The fourth-order valence-corrected chi connectivity index (χ4v) is 3.80. The highest BCUT2D eigenvalue weighted by Gasteiger charge is 2.26. The Labute approximate surface area is 176 Å². The summed E-state index contributed by atoms with van der Waals surface area (Å²) in [6.07, 6.45) is 2.32. The third-order valence-electron chi connectivity index (χ3n) is 6.70. The van der Waals surface area contributed by atoms with Crippen molar-refractivity contribution >= 4 is 0 Å². The molecule has 0 heterocycles. The summed E-state index contributed by atoms with van der Waals surface area (Å²) in [6, 6.07) is 25.9. The molecule has 0 spiro atoms. The SMILES string of the molecule is CCC(C)(CC)c1ccc(C(C)(C)c2ccc(Oc3ccc(C)cc3)cc2)cc1. The molecule has 0 saturated heterocycles. The van der Waals surface area contributed by atoms with Gasteiger partial charge >= 0.3 is 0 Å². The van der Waals surface area contributed by atoms with Crippen LogP contribution in [0.3, 0.4) is 0 Å². The van der Waals surface area contributed by atoms with Crippen molar-refractivity contribution in [2.24, 2.45) is 0 Å². The van der Waals surface area contributed by atoms with Crippen LogP contribution in [0.15, 0.2) is 72.8 Å². The average Bonchev–Trinajstić information content (AvgIpc) is 2.75. The van der Waals surface area contributed by atoms with Gasteiger partial charge in [0.05, 0.1) is 0 Å². The first-order valence-corrected chi connectivity index (χ1v) is 10.7. The lowest BCUT2D eigenvalue weighted by Crippen LogP contribution is -2.21. The Morgan fingerprint density at radius 1 is 0.586 bits per heavy atom. The summed E-state index contributed by atoms with van der Waals surface area (Å²) in [5, 5.41) is 0. The van der Waals surface area contributed by atoms with Crippen molar-refractivity contribution in [1.29, 1.82) is 0 Å². The van der Waals surface area contributed by atoms with E-state index >= 15 is 0 Å². The molecule has 0 radical (unpaired) electrons. The van der Waals surface area contributed by atoms with Gasteiger partial charge in [-0.2, -0.15) is 0 Å². The van der Waals surface area contributed by atoms with E-state index in [9.17, 15) is 0 Å². The molecule has 3 aromatic carbocycles. The van der Waals surface area contributed by atoms with Gasteiger partial charge in [0, 0.05) is 5.41 Å². The molecule has 3 rings (SSSR count). The van der Waals surface area contributed by atoms with E-state index in [4.69, 9.17) is 4.74 Å². The summed E-state index contributed by atoms with van der Waals surface area (Å²) in [4.78, 5) is 0. The minimum atomic E-state index is -0.0598. The molecule has 0 saturated carbocycles. The molecule has 0 atom stereocenters. The summed E-state index contributed by atoms with van der Waals surface area (Å²) in [5.74, 6) is 1.73. The van der Waals surface area contributed by atoms with Crippen LogP contribution in [0.25, 0.3) is 0 Å². The van der Waals surface area contributed by atoms with Crippen LogP contribution in [0.1, 0.15) is 69.7 Å². The third kappa shape index (κ3) is 4.56. The van der Waals surface area contributed by atoms with Gasteiger partial charge in [0.2, 0.25) is 0 Å². The summed E-state index contributed by atoms with van der Waals surface area (Å²) < 4.78 is 5.98. The highest BCUT2D eigenvalue weighted by molar-refractivity contribution is 5.42. The topological polar surface area (TPSA) is 9.23 Å². The number of ether oxygens (including phenoxy) is 1. The van der Waals surface area contributed by atoms with Gasteiger partial charge in [-0.15, -0.1) is 0 Å². The Hall–Kier alpha value is -2.54. The molecule has 0 aliphatic rings. The molecule has 0 N–H and O–H groups in total. The first kappa shape index (κ1) is 21.2. The van der Waals surface area contributed by atoms with E-state index in [0.29, 0.717) is 0 Å². The molecule has 1 heteroatoms. The highest BCUT2D eigenvalue weighted by atomic mass is 16.5. The Morgan fingerprint density at radius 3 is 1.41 bits per heavy atom. The second-order valence-electron chi connectivity index (χ2n) is 8.91. The van der Waals surface area contributed by atoms with Crippen molar-refractivity contribution in [3.05, 3.63) is 95.1 Å². The largest absolute Gasteiger partial charge is 0.457 e. The number of hydrogen-bond donors (Lipinski definition) is 0. The lowest BCUT2D eigenvalue weighted by molar-refractivity contribution is 0.438. The Morgan fingerprint density at radius 2 is 0.966 bits per heavy atom. The van der Waals surface area contributed by atoms with Gasteiger partial charge in [-0.25, -0.2) is 0 Å². The van der Waals surface area contributed by atoms with E-state index in [2.05, 4.69) is 102 Å². The highest BCUT2D eigenvalue weighted by Crippen LogP contribution is 2.36. The van der Waals surface area contributed by atoms with Gasteiger partial charge in [0.1, 0.15) is 11.5 Å². The normalized spacial score (nSPS) is 12.1. The predicted octanol–water partition coefficient (Wildman–Crippen LogP) is 8.19. The van der Waals surface area contributed by atoms with E-state index in [1.807, 2.05) is 12.1 Å². The Bertz CT molecular complexity index is 912. The van der Waals surface area contributed by atoms with Crippen LogP contribution in [0.2, 0.25) is 0 Å². The van der Waals surface area contributed by atoms with Crippen molar-refractivity contribution in [2.45, 2.75) is 65.2 Å². The maximum atomic E-state index is 5.98. The molecule has 0 aliphatic carbocycles. The second kappa shape index (κ2) is 8.45. The van der Waals surface area contributed by atoms with Crippen molar-refractivity contribution in [2.75, 3.05) is 0 Å². The quantitative estimate of drug-likeness (QED) is 0.397. The molecule has 0 fully saturated rings. The summed E-state index contributed by atoms with van der Waals surface area (Å²) in [5.41, 5.74) is 5.49. The zero-order valence-corrected chi connectivity index (χ0v) is 18.8. The van der Waals surface area contributed by atoms with Gasteiger partial charge in [0.15, 0.2) is 0 Å². The van der Waals surface area contributed by atoms with Crippen molar-refractivity contribution in [1.82, 2.24) is 0 Å². The zero-order valence-electron chi connectivity index (χ0n) is 18.8. The Balaban J connectivity index is 1.79. The number of rotatable bonds is 7. The maximum absolute atomic E-state index is 5.98. The van der Waals surface area contributed by atoms with Crippen LogP contribution < -0.4 is 4.74 Å². The molecular formula is C28H34O. The third-order valence-corrected chi connectivity index (χ3v) is 6.70. The monoisotopic (exact) mass is 386 g/mol. The molecular weight excluding hydrogens is 352 g/mol. The lowest BCUT2D eigenvalue weighted by Gasteiger charge is -2.30. The summed E-state index contributed by atoms with van der Waals surface area (Å²) in [7, 11) is 0. The minimum Gasteiger partial charge on any atom is -0.457 e. The number of hydrogen-bond acceptors (Lipinski definition) is 1. The summed E-state index contributed by atoms with van der Waals surface area (Å²) in [6.45, 7) is 13.6. The van der Waals surface area contributed by atoms with Crippen LogP contribution in [-0.2, 0) is 10.8 Å². The number of aryl methyl sites for hydroxylation is 1. The van der Waals surface area contributed by atoms with Gasteiger partial charge in [-0.3, -0.25) is 0 Å². The van der Waals surface area contributed by atoms with E-state index in [-0.39, 0.29) is 10.8 Å². The van der Waals surface area contributed by atoms with Gasteiger partial charge in [-0.05, 0) is 66.1 Å². The van der Waals surface area contributed by atoms with E-state index < -0.39 is 0 Å². The number of benzene rings is 3. The lowest BCUT2D eigenvalue weighted by atomic mass is 9.74. The van der Waals surface area contributed by atoms with Crippen molar-refractivity contribution in [3.63, 3.8) is 0 Å². The van der Waals surface area contributed by atoms with Gasteiger partial charge in [-0.1, -0.05) is 88.7 Å². The standard InChI is InChI=1S/C28H34O/c1-7-28(6,8-2)24-13-11-22(12-14-24)27(4,5)23-15-19-26(20-16-23)29-25-17-9-21(3)10-18-25/h9-20H,7-8H2,1-6H3. The van der Waals surface area contributed by atoms with Crippen molar-refractivity contribution in [3.8, 4) is 11.5 Å². The predicted molar refractivity (Wildman–Crippen MR) is 124 cm³/mol. The van der Waals surface area contributed by atoms with Gasteiger partial charge < -0.3 is 4.74 Å². The van der Waals surface area contributed by atoms with E-state index in [0.717, 1.165) is 24.3 Å².